The largest absolute Gasteiger partial charge is 0.497 e. The number of anilines is 3. The van der Waals surface area contributed by atoms with Gasteiger partial charge in [0.05, 0.1) is 19.4 Å². The zero-order valence-corrected chi connectivity index (χ0v) is 20.2. The molecule has 0 fully saturated rings. The molecule has 0 aliphatic carbocycles. The van der Waals surface area contributed by atoms with Gasteiger partial charge in [-0.15, -0.1) is 0 Å². The Morgan fingerprint density at radius 2 is 2.03 bits per heavy atom. The number of rotatable bonds is 8. The van der Waals surface area contributed by atoms with Crippen LogP contribution in [0, 0.1) is 6.92 Å². The molecule has 34 heavy (non-hydrogen) atoms. The third kappa shape index (κ3) is 4.79. The van der Waals surface area contributed by atoms with Crippen molar-refractivity contribution < 1.29 is 14.3 Å². The number of amides is 1. The number of nitrogens with one attached hydrogen (secondary N) is 3. The van der Waals surface area contributed by atoms with Crippen LogP contribution in [0.2, 0.25) is 0 Å². The van der Waals surface area contributed by atoms with Gasteiger partial charge in [-0.05, 0) is 30.7 Å². The Morgan fingerprint density at radius 1 is 1.21 bits per heavy atom. The Kier molecular flexibility index (Phi) is 6.65. The van der Waals surface area contributed by atoms with Gasteiger partial charge in [0, 0.05) is 66.5 Å². The van der Waals surface area contributed by atoms with Crippen LogP contribution in [0.4, 0.5) is 17.5 Å². The third-order valence-corrected chi connectivity index (χ3v) is 5.97. The monoisotopic (exact) mass is 462 g/mol. The molecule has 0 spiro atoms. The minimum atomic E-state index is -0.202. The van der Waals surface area contributed by atoms with E-state index in [4.69, 9.17) is 14.5 Å². The maximum atomic E-state index is 12.7. The lowest BCUT2D eigenvalue weighted by molar-refractivity contribution is 0.0936. The molecule has 9 heteroatoms. The summed E-state index contributed by atoms with van der Waals surface area (Å²) < 4.78 is 10.4. The van der Waals surface area contributed by atoms with E-state index in [2.05, 4.69) is 45.8 Å². The molecule has 3 aromatic rings. The van der Waals surface area contributed by atoms with Crippen molar-refractivity contribution in [1.29, 1.82) is 0 Å². The fraction of sp³-hybridized carbons (Fsp3) is 0.360. The van der Waals surface area contributed by atoms with Gasteiger partial charge in [-0.2, -0.15) is 0 Å². The molecule has 3 heterocycles. The Morgan fingerprint density at radius 3 is 2.79 bits per heavy atom. The van der Waals surface area contributed by atoms with Gasteiger partial charge in [-0.3, -0.25) is 4.79 Å². The first-order valence-corrected chi connectivity index (χ1v) is 11.1. The van der Waals surface area contributed by atoms with Crippen molar-refractivity contribution in [2.45, 2.75) is 26.2 Å². The van der Waals surface area contributed by atoms with Crippen LogP contribution in [0.3, 0.4) is 0 Å². The van der Waals surface area contributed by atoms with Gasteiger partial charge < -0.3 is 25.4 Å². The number of carbonyl (C=O) groups is 1. The standard InChI is InChI=1S/C25H30N6O3/c1-15-18(23(32)26-8-9-33-4)11-17(34-5)12-21(15)31-24-27-7-6-20(30-24)16-10-19-22(28-13-16)29-14-25(19,2)3/h6-7,10-13H,8-9,14H2,1-5H3,(H,26,32)(H,28,29)(H,27,30,31). The van der Waals surface area contributed by atoms with E-state index in [1.165, 1.54) is 5.56 Å². The first-order valence-electron chi connectivity index (χ1n) is 11.1. The minimum Gasteiger partial charge on any atom is -0.497 e. The summed E-state index contributed by atoms with van der Waals surface area (Å²) in [7, 11) is 3.16. The average Bonchev–Trinajstić information content (AvgIpc) is 3.14. The van der Waals surface area contributed by atoms with E-state index in [0.29, 0.717) is 36.1 Å². The first-order chi connectivity index (χ1) is 16.3. The molecular formula is C25H30N6O3. The summed E-state index contributed by atoms with van der Waals surface area (Å²) in [6.07, 6.45) is 3.52. The first kappa shape index (κ1) is 23.4. The summed E-state index contributed by atoms with van der Waals surface area (Å²) >= 11 is 0. The van der Waals surface area contributed by atoms with Crippen LogP contribution in [-0.2, 0) is 10.2 Å². The summed E-state index contributed by atoms with van der Waals surface area (Å²) in [5, 5.41) is 9.45. The lowest BCUT2D eigenvalue weighted by Crippen LogP contribution is -2.27. The maximum Gasteiger partial charge on any atom is 0.251 e. The van der Waals surface area contributed by atoms with Gasteiger partial charge in [-0.25, -0.2) is 15.0 Å². The SMILES string of the molecule is COCCNC(=O)c1cc(OC)cc(Nc2nccc(-c3cnc4c(c3)C(C)(C)CN4)n2)c1C. The van der Waals surface area contributed by atoms with Crippen LogP contribution in [-0.4, -0.2) is 54.8 Å². The Balaban J connectivity index is 1.62. The summed E-state index contributed by atoms with van der Waals surface area (Å²) in [4.78, 5) is 26.4. The second-order valence-electron chi connectivity index (χ2n) is 8.84. The molecule has 0 atom stereocenters. The molecule has 3 N–H and O–H groups in total. The van der Waals surface area contributed by atoms with Crippen LogP contribution in [0.5, 0.6) is 5.75 Å². The van der Waals surface area contributed by atoms with Gasteiger partial charge in [0.15, 0.2) is 0 Å². The van der Waals surface area contributed by atoms with E-state index in [1.54, 1.807) is 26.5 Å². The fourth-order valence-corrected chi connectivity index (χ4v) is 3.89. The number of hydrogen-bond acceptors (Lipinski definition) is 8. The van der Waals surface area contributed by atoms with Gasteiger partial charge >= 0.3 is 0 Å². The predicted octanol–water partition coefficient (Wildman–Crippen LogP) is 3.68. The lowest BCUT2D eigenvalue weighted by Gasteiger charge is -2.17. The Labute approximate surface area is 199 Å². The highest BCUT2D eigenvalue weighted by Crippen LogP contribution is 2.37. The van der Waals surface area contributed by atoms with Crippen molar-refractivity contribution in [3.05, 3.63) is 53.3 Å². The second-order valence-corrected chi connectivity index (χ2v) is 8.84. The molecule has 178 valence electrons. The van der Waals surface area contributed by atoms with Crippen molar-refractivity contribution in [3.8, 4) is 17.0 Å². The van der Waals surface area contributed by atoms with E-state index < -0.39 is 0 Å². The number of fused-ring (bicyclic) bond motifs is 1. The van der Waals surface area contributed by atoms with Gasteiger partial charge in [0.2, 0.25) is 5.95 Å². The number of methoxy groups -OCH3 is 2. The molecule has 9 nitrogen and oxygen atoms in total. The third-order valence-electron chi connectivity index (χ3n) is 5.97. The van der Waals surface area contributed by atoms with Crippen molar-refractivity contribution >= 4 is 23.4 Å². The Bertz CT molecular complexity index is 1210. The number of benzene rings is 1. The summed E-state index contributed by atoms with van der Waals surface area (Å²) in [5.74, 6) is 1.69. The maximum absolute atomic E-state index is 12.7. The number of carbonyl (C=O) groups excluding carboxylic acids is 1. The number of hydrogen-bond donors (Lipinski definition) is 3. The predicted molar refractivity (Wildman–Crippen MR) is 132 cm³/mol. The van der Waals surface area contributed by atoms with E-state index in [-0.39, 0.29) is 11.3 Å². The summed E-state index contributed by atoms with van der Waals surface area (Å²) in [6.45, 7) is 7.96. The fourth-order valence-electron chi connectivity index (χ4n) is 3.89. The number of nitrogens with zero attached hydrogens (tertiary/aromatic N) is 3. The topological polar surface area (TPSA) is 110 Å². The highest BCUT2D eigenvalue weighted by Gasteiger charge is 2.31. The molecule has 1 aliphatic heterocycles. The normalized spacial score (nSPS) is 13.7. The van der Waals surface area contributed by atoms with Gasteiger partial charge in [0.25, 0.3) is 5.91 Å². The zero-order chi connectivity index (χ0) is 24.3. The number of pyridine rings is 1. The average molecular weight is 463 g/mol. The summed E-state index contributed by atoms with van der Waals surface area (Å²) in [5.41, 5.74) is 4.81. The van der Waals surface area contributed by atoms with Crippen molar-refractivity contribution in [2.24, 2.45) is 0 Å². The summed E-state index contributed by atoms with van der Waals surface area (Å²) in [6, 6.07) is 7.53. The molecule has 2 aromatic heterocycles. The van der Waals surface area contributed by atoms with E-state index >= 15 is 0 Å². The van der Waals surface area contributed by atoms with Crippen LogP contribution in [0.15, 0.2) is 36.7 Å². The molecule has 0 saturated carbocycles. The second kappa shape index (κ2) is 9.64. The molecule has 1 aliphatic rings. The molecule has 0 radical (unpaired) electrons. The molecule has 4 rings (SSSR count). The van der Waals surface area contributed by atoms with Crippen molar-refractivity contribution in [3.63, 3.8) is 0 Å². The molecule has 0 saturated heterocycles. The highest BCUT2D eigenvalue weighted by atomic mass is 16.5. The molecular weight excluding hydrogens is 432 g/mol. The van der Waals surface area contributed by atoms with Crippen LogP contribution < -0.4 is 20.7 Å². The lowest BCUT2D eigenvalue weighted by atomic mass is 9.87. The molecule has 0 bridgehead atoms. The molecule has 1 aromatic carbocycles. The van der Waals surface area contributed by atoms with Gasteiger partial charge in [0.1, 0.15) is 11.6 Å². The van der Waals surface area contributed by atoms with Crippen molar-refractivity contribution in [1.82, 2.24) is 20.3 Å². The smallest absolute Gasteiger partial charge is 0.251 e. The molecule has 1 amide bonds. The van der Waals surface area contributed by atoms with Crippen LogP contribution in [0.1, 0.15) is 35.3 Å². The van der Waals surface area contributed by atoms with Crippen molar-refractivity contribution in [2.75, 3.05) is 44.5 Å². The van der Waals surface area contributed by atoms with Gasteiger partial charge in [-0.1, -0.05) is 13.8 Å². The van der Waals surface area contributed by atoms with E-state index in [0.717, 1.165) is 29.2 Å². The van der Waals surface area contributed by atoms with Crippen LogP contribution in [0.25, 0.3) is 11.3 Å². The zero-order valence-electron chi connectivity index (χ0n) is 20.2. The van der Waals surface area contributed by atoms with E-state index in [9.17, 15) is 4.79 Å². The van der Waals surface area contributed by atoms with Crippen LogP contribution >= 0.6 is 0 Å². The number of aromatic nitrogens is 3. The Hall–Kier alpha value is -3.72. The minimum absolute atomic E-state index is 0.00435. The highest BCUT2D eigenvalue weighted by molar-refractivity contribution is 5.97. The quantitative estimate of drug-likeness (QED) is 0.435. The molecule has 0 unspecified atom stereocenters. The number of ether oxygens (including phenoxy) is 2. The van der Waals surface area contributed by atoms with E-state index in [1.807, 2.05) is 25.3 Å².